The fourth-order valence-corrected chi connectivity index (χ4v) is 6.07. The molecule has 2 saturated carbocycles. The zero-order valence-corrected chi connectivity index (χ0v) is 14.2. The molecule has 5 atom stereocenters. The molecule has 0 amide bonds. The van der Waals surface area contributed by atoms with Gasteiger partial charge in [-0.15, -0.1) is 0 Å². The Morgan fingerprint density at radius 1 is 1.33 bits per heavy atom. The molecular weight excluding hydrogens is 302 g/mol. The lowest BCUT2D eigenvalue weighted by atomic mass is 9.54. The van der Waals surface area contributed by atoms with Gasteiger partial charge < -0.3 is 10.2 Å². The molecule has 4 heteroatoms. The maximum absolute atomic E-state index is 11.7. The minimum atomic E-state index is -0.897. The van der Waals surface area contributed by atoms with Gasteiger partial charge in [-0.1, -0.05) is 12.5 Å². The summed E-state index contributed by atoms with van der Waals surface area (Å²) in [5.74, 6) is 0.726. The largest absolute Gasteiger partial charge is 0.388 e. The Hall–Kier alpha value is -1.44. The number of hydrogen-bond acceptors (Lipinski definition) is 4. The number of nitrogens with zero attached hydrogens (tertiary/aromatic N) is 1. The third-order valence-electron chi connectivity index (χ3n) is 7.48. The number of fused-ring (bicyclic) bond motifs is 4. The van der Waals surface area contributed by atoms with Crippen molar-refractivity contribution in [1.82, 2.24) is 0 Å². The molecule has 128 valence electrons. The minimum absolute atomic E-state index is 0.122. The van der Waals surface area contributed by atoms with Gasteiger partial charge in [0, 0.05) is 11.8 Å². The predicted octanol–water partition coefficient (Wildman–Crippen LogP) is 2.81. The van der Waals surface area contributed by atoms with Gasteiger partial charge in [0.25, 0.3) is 0 Å². The summed E-state index contributed by atoms with van der Waals surface area (Å²) >= 11 is 0. The van der Waals surface area contributed by atoms with Crippen LogP contribution in [-0.2, 0) is 4.79 Å². The van der Waals surface area contributed by atoms with E-state index in [2.05, 4.69) is 13.0 Å². The molecular formula is C20H25NO3. The van der Waals surface area contributed by atoms with Crippen LogP contribution in [0.15, 0.2) is 22.8 Å². The number of aliphatic hydroxyl groups excluding tert-OH is 1. The summed E-state index contributed by atoms with van der Waals surface area (Å²) in [6.07, 6.45) is 6.63. The zero-order chi connectivity index (χ0) is 17.1. The number of nitriles is 1. The molecule has 0 radical (unpaired) electrons. The molecule has 4 nitrogen and oxygen atoms in total. The van der Waals surface area contributed by atoms with Crippen LogP contribution in [0.1, 0.15) is 58.3 Å². The smallest absolute Gasteiger partial charge is 0.156 e. The monoisotopic (exact) mass is 327 g/mol. The summed E-state index contributed by atoms with van der Waals surface area (Å²) in [5, 5.41) is 30.9. The summed E-state index contributed by atoms with van der Waals surface area (Å²) in [7, 11) is 0. The molecule has 0 aromatic carbocycles. The molecule has 4 aliphatic carbocycles. The van der Waals surface area contributed by atoms with Crippen molar-refractivity contribution < 1.29 is 15.0 Å². The fourth-order valence-electron chi connectivity index (χ4n) is 6.07. The van der Waals surface area contributed by atoms with Crippen LogP contribution in [0.5, 0.6) is 0 Å². The van der Waals surface area contributed by atoms with Crippen LogP contribution in [-0.4, -0.2) is 27.7 Å². The van der Waals surface area contributed by atoms with Crippen molar-refractivity contribution in [1.29, 1.82) is 5.26 Å². The van der Waals surface area contributed by atoms with Gasteiger partial charge >= 0.3 is 0 Å². The van der Waals surface area contributed by atoms with E-state index < -0.39 is 11.7 Å². The van der Waals surface area contributed by atoms with Gasteiger partial charge in [-0.25, -0.2) is 0 Å². The van der Waals surface area contributed by atoms with Crippen LogP contribution < -0.4 is 0 Å². The van der Waals surface area contributed by atoms with Crippen LogP contribution in [0.2, 0.25) is 0 Å². The number of carbonyl (C=O) groups is 1. The summed E-state index contributed by atoms with van der Waals surface area (Å²) in [4.78, 5) is 11.7. The number of ketones is 1. The summed E-state index contributed by atoms with van der Waals surface area (Å²) in [5.41, 5.74) is 2.35. The molecule has 1 unspecified atom stereocenters. The lowest BCUT2D eigenvalue weighted by Gasteiger charge is -2.52. The van der Waals surface area contributed by atoms with Crippen LogP contribution in [0.25, 0.3) is 0 Å². The predicted molar refractivity (Wildman–Crippen MR) is 88.7 cm³/mol. The molecule has 2 N–H and O–H groups in total. The van der Waals surface area contributed by atoms with E-state index in [9.17, 15) is 15.0 Å². The van der Waals surface area contributed by atoms with E-state index in [-0.39, 0.29) is 23.5 Å². The second-order valence-electron chi connectivity index (χ2n) is 8.36. The maximum Gasteiger partial charge on any atom is 0.156 e. The van der Waals surface area contributed by atoms with Gasteiger partial charge in [0.2, 0.25) is 0 Å². The number of aliphatic hydroxyl groups is 2. The molecule has 0 spiro atoms. The van der Waals surface area contributed by atoms with Crippen molar-refractivity contribution >= 4 is 5.78 Å². The first-order valence-electron chi connectivity index (χ1n) is 9.14. The first kappa shape index (κ1) is 16.1. The van der Waals surface area contributed by atoms with Gasteiger partial charge in [-0.3, -0.25) is 4.79 Å². The highest BCUT2D eigenvalue weighted by Crippen LogP contribution is 2.64. The molecule has 4 rings (SSSR count). The molecule has 24 heavy (non-hydrogen) atoms. The lowest BCUT2D eigenvalue weighted by Crippen LogP contribution is -2.50. The molecule has 2 fully saturated rings. The van der Waals surface area contributed by atoms with Crippen LogP contribution in [0, 0.1) is 28.6 Å². The lowest BCUT2D eigenvalue weighted by molar-refractivity contribution is -0.115. The van der Waals surface area contributed by atoms with Crippen molar-refractivity contribution in [3.63, 3.8) is 0 Å². The van der Waals surface area contributed by atoms with Gasteiger partial charge in [-0.05, 0) is 67.6 Å². The molecule has 0 heterocycles. The number of carbonyl (C=O) groups excluding carboxylic acids is 1. The highest BCUT2D eigenvalue weighted by Gasteiger charge is 2.61. The normalized spacial score (nSPS) is 44.3. The van der Waals surface area contributed by atoms with Gasteiger partial charge in [-0.2, -0.15) is 5.26 Å². The molecule has 0 aromatic heterocycles. The second-order valence-corrected chi connectivity index (χ2v) is 8.36. The van der Waals surface area contributed by atoms with Crippen molar-refractivity contribution in [2.45, 2.75) is 70.0 Å². The summed E-state index contributed by atoms with van der Waals surface area (Å²) < 4.78 is 0. The maximum atomic E-state index is 11.7. The molecule has 0 aromatic rings. The van der Waals surface area contributed by atoms with Crippen molar-refractivity contribution in [2.24, 2.45) is 17.3 Å². The number of allylic oxidation sites excluding steroid dienone is 2. The Bertz CT molecular complexity index is 700. The minimum Gasteiger partial charge on any atom is -0.388 e. The van der Waals surface area contributed by atoms with E-state index in [1.807, 2.05) is 0 Å². The third kappa shape index (κ3) is 2.01. The average molecular weight is 327 g/mol. The van der Waals surface area contributed by atoms with Crippen molar-refractivity contribution in [3.8, 4) is 6.07 Å². The molecule has 0 bridgehead atoms. The Morgan fingerprint density at radius 2 is 2.12 bits per heavy atom. The van der Waals surface area contributed by atoms with Crippen LogP contribution >= 0.6 is 0 Å². The van der Waals surface area contributed by atoms with E-state index in [1.54, 1.807) is 6.08 Å². The molecule has 0 aliphatic heterocycles. The molecule has 0 saturated heterocycles. The highest BCUT2D eigenvalue weighted by molar-refractivity contribution is 5.93. The van der Waals surface area contributed by atoms with E-state index in [4.69, 9.17) is 5.26 Å². The van der Waals surface area contributed by atoms with E-state index in [1.165, 1.54) is 11.1 Å². The topological polar surface area (TPSA) is 81.3 Å². The Balaban J connectivity index is 1.75. The average Bonchev–Trinajstić information content (AvgIpc) is 2.80. The fraction of sp³-hybridized carbons (Fsp3) is 0.700. The Morgan fingerprint density at radius 3 is 2.88 bits per heavy atom. The van der Waals surface area contributed by atoms with Crippen molar-refractivity contribution in [3.05, 3.63) is 22.8 Å². The zero-order valence-electron chi connectivity index (χ0n) is 14.2. The number of rotatable bonds is 1. The first-order chi connectivity index (χ1) is 11.4. The second kappa shape index (κ2) is 5.28. The van der Waals surface area contributed by atoms with Crippen molar-refractivity contribution in [2.75, 3.05) is 0 Å². The Labute approximate surface area is 142 Å². The molecule has 4 aliphatic rings. The van der Waals surface area contributed by atoms with Gasteiger partial charge in [0.15, 0.2) is 5.78 Å². The summed E-state index contributed by atoms with van der Waals surface area (Å²) in [6, 6.07) is 2.18. The summed E-state index contributed by atoms with van der Waals surface area (Å²) in [6.45, 7) is 2.14. The van der Waals surface area contributed by atoms with Crippen LogP contribution in [0.3, 0.4) is 0 Å². The van der Waals surface area contributed by atoms with E-state index >= 15 is 0 Å². The quantitative estimate of drug-likeness (QED) is 0.776. The van der Waals surface area contributed by atoms with E-state index in [0.29, 0.717) is 25.2 Å². The third-order valence-corrected chi connectivity index (χ3v) is 7.48. The highest BCUT2D eigenvalue weighted by atomic mass is 16.3. The Kier molecular flexibility index (Phi) is 3.53. The van der Waals surface area contributed by atoms with Gasteiger partial charge in [0.1, 0.15) is 0 Å². The first-order valence-corrected chi connectivity index (χ1v) is 9.14. The standard InChI is InChI=1S/C20H25NO3/c1-19-6-4-14-13-3-2-12(22)10-16(13)18(23)11-15(14)17(19)5-7-20(19,24)8-9-21/h10,15,17-18,23-24H,2-8,11H2,1H3/t15-,17-,18-,19+,20?/m1/s1. The SMILES string of the molecule is C[C@]12CCC3=C4CCC(=O)C=C4[C@H](O)C[C@H]3[C@H]1CCC2(O)CC#N. The van der Waals surface area contributed by atoms with Gasteiger partial charge in [0.05, 0.1) is 24.2 Å². The van der Waals surface area contributed by atoms with Crippen LogP contribution in [0.4, 0.5) is 0 Å². The van der Waals surface area contributed by atoms with E-state index in [0.717, 1.165) is 31.3 Å². The number of hydrogen-bond donors (Lipinski definition) is 2.